The van der Waals surface area contributed by atoms with Gasteiger partial charge in [0, 0.05) is 18.4 Å². The van der Waals surface area contributed by atoms with Gasteiger partial charge in [0.2, 0.25) is 0 Å². The standard InChI is InChI=1S/C13H13N3O2S2/c1-3-16-12(17)11-10(4-5-19-11)14-13(16)20-7-9-6-8(2)18-15-9/h4-6H,3,7H2,1-2H3. The van der Waals surface area contributed by atoms with E-state index in [0.717, 1.165) is 22.1 Å². The molecule has 0 unspecified atom stereocenters. The Bertz CT molecular complexity index is 803. The van der Waals surface area contributed by atoms with Crippen LogP contribution < -0.4 is 5.56 Å². The second kappa shape index (κ2) is 5.41. The van der Waals surface area contributed by atoms with Crippen molar-refractivity contribution in [1.82, 2.24) is 14.7 Å². The number of hydrogen-bond acceptors (Lipinski definition) is 6. The Morgan fingerprint density at radius 1 is 1.50 bits per heavy atom. The van der Waals surface area contributed by atoms with Crippen molar-refractivity contribution in [2.45, 2.75) is 31.3 Å². The van der Waals surface area contributed by atoms with E-state index in [1.54, 1.807) is 4.57 Å². The predicted octanol–water partition coefficient (Wildman–Crippen LogP) is 3.07. The largest absolute Gasteiger partial charge is 0.361 e. The van der Waals surface area contributed by atoms with Gasteiger partial charge in [-0.1, -0.05) is 16.9 Å². The third-order valence-electron chi connectivity index (χ3n) is 2.87. The van der Waals surface area contributed by atoms with Crippen molar-refractivity contribution in [2.75, 3.05) is 0 Å². The van der Waals surface area contributed by atoms with E-state index in [0.29, 0.717) is 17.0 Å². The molecule has 0 aromatic carbocycles. The van der Waals surface area contributed by atoms with E-state index in [-0.39, 0.29) is 5.56 Å². The van der Waals surface area contributed by atoms with Crippen LogP contribution in [0.4, 0.5) is 0 Å². The van der Waals surface area contributed by atoms with Crippen LogP contribution in [-0.2, 0) is 12.3 Å². The van der Waals surface area contributed by atoms with E-state index < -0.39 is 0 Å². The van der Waals surface area contributed by atoms with Gasteiger partial charge in [-0.05, 0) is 25.3 Å². The number of aromatic nitrogens is 3. The SMILES string of the molecule is CCn1c(SCc2cc(C)on2)nc2ccsc2c1=O. The molecule has 20 heavy (non-hydrogen) atoms. The van der Waals surface area contributed by atoms with E-state index in [9.17, 15) is 4.79 Å². The van der Waals surface area contributed by atoms with E-state index in [2.05, 4.69) is 10.1 Å². The van der Waals surface area contributed by atoms with Crippen LogP contribution in [0.15, 0.2) is 32.0 Å². The molecule has 0 bridgehead atoms. The number of fused-ring (bicyclic) bond motifs is 1. The molecule has 0 N–H and O–H groups in total. The molecule has 0 saturated carbocycles. The van der Waals surface area contributed by atoms with Crippen LogP contribution >= 0.6 is 23.1 Å². The minimum Gasteiger partial charge on any atom is -0.361 e. The molecular formula is C13H13N3O2S2. The van der Waals surface area contributed by atoms with Gasteiger partial charge in [0.1, 0.15) is 10.5 Å². The Kier molecular flexibility index (Phi) is 3.62. The van der Waals surface area contributed by atoms with Crippen LogP contribution in [0.1, 0.15) is 18.4 Å². The lowest BCUT2D eigenvalue weighted by Crippen LogP contribution is -2.21. The monoisotopic (exact) mass is 307 g/mol. The van der Waals surface area contributed by atoms with Gasteiger partial charge >= 0.3 is 0 Å². The van der Waals surface area contributed by atoms with Gasteiger partial charge in [0.05, 0.1) is 11.2 Å². The van der Waals surface area contributed by atoms with Gasteiger partial charge in [-0.15, -0.1) is 11.3 Å². The highest BCUT2D eigenvalue weighted by atomic mass is 32.2. The highest BCUT2D eigenvalue weighted by molar-refractivity contribution is 7.98. The van der Waals surface area contributed by atoms with Crippen molar-refractivity contribution < 1.29 is 4.52 Å². The molecule has 0 amide bonds. The Morgan fingerprint density at radius 2 is 2.35 bits per heavy atom. The summed E-state index contributed by atoms with van der Waals surface area (Å²) in [6.07, 6.45) is 0. The van der Waals surface area contributed by atoms with E-state index in [1.165, 1.54) is 23.1 Å². The number of nitrogens with zero attached hydrogens (tertiary/aromatic N) is 3. The molecule has 0 spiro atoms. The summed E-state index contributed by atoms with van der Waals surface area (Å²) in [7, 11) is 0. The molecule has 3 heterocycles. The van der Waals surface area contributed by atoms with Crippen LogP contribution in [0.25, 0.3) is 10.2 Å². The Labute approximate surface area is 123 Å². The Balaban J connectivity index is 1.95. The van der Waals surface area contributed by atoms with E-state index >= 15 is 0 Å². The fourth-order valence-electron chi connectivity index (χ4n) is 1.94. The summed E-state index contributed by atoms with van der Waals surface area (Å²) in [6, 6.07) is 3.77. The van der Waals surface area contributed by atoms with Crippen LogP contribution in [0.3, 0.4) is 0 Å². The molecule has 0 aliphatic heterocycles. The first-order valence-electron chi connectivity index (χ1n) is 6.22. The summed E-state index contributed by atoms with van der Waals surface area (Å²) in [4.78, 5) is 16.9. The first-order chi connectivity index (χ1) is 9.69. The molecule has 3 aromatic rings. The highest BCUT2D eigenvalue weighted by Gasteiger charge is 2.12. The number of thiophene rings is 1. The second-order valence-corrected chi connectivity index (χ2v) is 6.15. The average Bonchev–Trinajstić information content (AvgIpc) is 3.05. The minimum atomic E-state index is 0.0336. The maximum atomic E-state index is 12.3. The van der Waals surface area contributed by atoms with Crippen molar-refractivity contribution in [3.63, 3.8) is 0 Å². The third-order valence-corrected chi connectivity index (χ3v) is 4.77. The number of hydrogen-bond donors (Lipinski definition) is 0. The molecule has 3 aromatic heterocycles. The third kappa shape index (κ3) is 2.38. The van der Waals surface area contributed by atoms with Gasteiger partial charge in [0.25, 0.3) is 5.56 Å². The van der Waals surface area contributed by atoms with Crippen molar-refractivity contribution in [3.05, 3.63) is 39.3 Å². The maximum Gasteiger partial charge on any atom is 0.272 e. The van der Waals surface area contributed by atoms with Crippen molar-refractivity contribution in [1.29, 1.82) is 0 Å². The fourth-order valence-corrected chi connectivity index (χ4v) is 3.66. The molecule has 0 radical (unpaired) electrons. The van der Waals surface area contributed by atoms with Gasteiger partial charge in [-0.2, -0.15) is 0 Å². The molecule has 104 valence electrons. The lowest BCUT2D eigenvalue weighted by Gasteiger charge is -2.08. The summed E-state index contributed by atoms with van der Waals surface area (Å²) in [5.41, 5.74) is 1.66. The molecule has 0 saturated heterocycles. The highest BCUT2D eigenvalue weighted by Crippen LogP contribution is 2.23. The molecule has 0 atom stereocenters. The minimum absolute atomic E-state index is 0.0336. The molecule has 0 aliphatic carbocycles. The summed E-state index contributed by atoms with van der Waals surface area (Å²) in [6.45, 7) is 4.42. The van der Waals surface area contributed by atoms with Gasteiger partial charge in [0.15, 0.2) is 5.16 Å². The van der Waals surface area contributed by atoms with Crippen molar-refractivity contribution in [2.24, 2.45) is 0 Å². The normalized spacial score (nSPS) is 11.3. The number of rotatable bonds is 4. The lowest BCUT2D eigenvalue weighted by molar-refractivity contribution is 0.393. The molecular weight excluding hydrogens is 294 g/mol. The van der Waals surface area contributed by atoms with Gasteiger partial charge < -0.3 is 4.52 Å². The quantitative estimate of drug-likeness (QED) is 0.547. The zero-order valence-corrected chi connectivity index (χ0v) is 12.8. The first kappa shape index (κ1) is 13.4. The Hall–Kier alpha value is -1.60. The molecule has 5 nitrogen and oxygen atoms in total. The zero-order valence-electron chi connectivity index (χ0n) is 11.1. The molecule has 3 rings (SSSR count). The number of aryl methyl sites for hydroxylation is 1. The number of thioether (sulfide) groups is 1. The Morgan fingerprint density at radius 3 is 3.05 bits per heavy atom. The van der Waals surface area contributed by atoms with Gasteiger partial charge in [-0.25, -0.2) is 4.98 Å². The maximum absolute atomic E-state index is 12.3. The first-order valence-corrected chi connectivity index (χ1v) is 8.08. The van der Waals surface area contributed by atoms with Crippen molar-refractivity contribution in [3.8, 4) is 0 Å². The zero-order chi connectivity index (χ0) is 14.1. The summed E-state index contributed by atoms with van der Waals surface area (Å²) >= 11 is 2.94. The van der Waals surface area contributed by atoms with E-state index in [1.807, 2.05) is 31.4 Å². The lowest BCUT2D eigenvalue weighted by atomic mass is 10.4. The second-order valence-electron chi connectivity index (χ2n) is 4.30. The smallest absolute Gasteiger partial charge is 0.272 e. The van der Waals surface area contributed by atoms with Crippen LogP contribution in [-0.4, -0.2) is 14.7 Å². The predicted molar refractivity (Wildman–Crippen MR) is 80.4 cm³/mol. The van der Waals surface area contributed by atoms with E-state index in [4.69, 9.17) is 4.52 Å². The molecule has 7 heteroatoms. The molecule has 0 aliphatic rings. The summed E-state index contributed by atoms with van der Waals surface area (Å²) < 4.78 is 7.46. The molecule has 0 fully saturated rings. The van der Waals surface area contributed by atoms with Crippen LogP contribution in [0, 0.1) is 6.92 Å². The fraction of sp³-hybridized carbons (Fsp3) is 0.308. The topological polar surface area (TPSA) is 60.9 Å². The van der Waals surface area contributed by atoms with Crippen LogP contribution in [0.5, 0.6) is 0 Å². The van der Waals surface area contributed by atoms with Gasteiger partial charge in [-0.3, -0.25) is 9.36 Å². The summed E-state index contributed by atoms with van der Waals surface area (Å²) in [5.74, 6) is 1.43. The summed E-state index contributed by atoms with van der Waals surface area (Å²) in [5, 5.41) is 6.58. The average molecular weight is 307 g/mol. The van der Waals surface area contributed by atoms with Crippen molar-refractivity contribution >= 4 is 33.3 Å². The van der Waals surface area contributed by atoms with Crippen LogP contribution in [0.2, 0.25) is 0 Å².